The van der Waals surface area contributed by atoms with Crippen LogP contribution >= 0.6 is 11.6 Å². The minimum absolute atomic E-state index is 0.133. The molecule has 3 N–H and O–H groups in total. The van der Waals surface area contributed by atoms with Crippen molar-refractivity contribution in [3.05, 3.63) is 52.8 Å². The molecule has 0 bridgehead atoms. The maximum atomic E-state index is 12.0. The summed E-state index contributed by atoms with van der Waals surface area (Å²) in [6, 6.07) is 8.71. The van der Waals surface area contributed by atoms with Gasteiger partial charge in [-0.25, -0.2) is 0 Å². The summed E-state index contributed by atoms with van der Waals surface area (Å²) in [6.07, 6.45) is 1.75. The number of amides is 1. The first-order chi connectivity index (χ1) is 11.6. The number of guanidine groups is 1. The van der Waals surface area contributed by atoms with Crippen molar-refractivity contribution in [2.24, 2.45) is 12.0 Å². The molecule has 0 aliphatic heterocycles. The van der Waals surface area contributed by atoms with E-state index in [9.17, 15) is 4.79 Å². The van der Waals surface area contributed by atoms with Gasteiger partial charge in [0, 0.05) is 44.0 Å². The minimum Gasteiger partial charge on any atom is -0.355 e. The fourth-order valence-electron chi connectivity index (χ4n) is 2.03. The Labute approximate surface area is 146 Å². The molecular formula is C16H21ClN6O. The second-order valence-electron chi connectivity index (χ2n) is 5.06. The quantitative estimate of drug-likeness (QED) is 0.416. The molecule has 0 unspecified atom stereocenters. The molecule has 0 atom stereocenters. The van der Waals surface area contributed by atoms with E-state index in [1.54, 1.807) is 42.2 Å². The topological polar surface area (TPSA) is 83.3 Å². The molecule has 2 aromatic rings. The number of nitrogens with zero attached hydrogens (tertiary/aromatic N) is 3. The number of nitrogens with one attached hydrogen (secondary N) is 3. The maximum absolute atomic E-state index is 12.0. The highest BCUT2D eigenvalue weighted by atomic mass is 35.5. The second kappa shape index (κ2) is 8.93. The Morgan fingerprint density at radius 3 is 2.50 bits per heavy atom. The molecule has 0 aliphatic rings. The molecule has 0 saturated heterocycles. The number of hydrogen-bond acceptors (Lipinski definition) is 3. The Bertz CT molecular complexity index is 695. The van der Waals surface area contributed by atoms with Gasteiger partial charge in [-0.3, -0.25) is 14.5 Å². The van der Waals surface area contributed by atoms with E-state index in [0.717, 1.165) is 5.69 Å². The molecule has 0 fully saturated rings. The van der Waals surface area contributed by atoms with Crippen molar-refractivity contribution in [2.75, 3.05) is 20.1 Å². The van der Waals surface area contributed by atoms with Crippen LogP contribution < -0.4 is 16.0 Å². The Hall–Kier alpha value is -2.54. The number of benzene rings is 1. The van der Waals surface area contributed by atoms with E-state index in [1.165, 1.54) is 0 Å². The lowest BCUT2D eigenvalue weighted by Crippen LogP contribution is -2.41. The summed E-state index contributed by atoms with van der Waals surface area (Å²) in [5, 5.41) is 13.9. The smallest absolute Gasteiger partial charge is 0.251 e. The lowest BCUT2D eigenvalue weighted by molar-refractivity contribution is 0.0954. The van der Waals surface area contributed by atoms with Gasteiger partial charge in [-0.05, 0) is 30.3 Å². The van der Waals surface area contributed by atoms with E-state index in [4.69, 9.17) is 11.6 Å². The molecule has 7 nitrogen and oxygen atoms in total. The highest BCUT2D eigenvalue weighted by Gasteiger charge is 2.05. The first-order valence-electron chi connectivity index (χ1n) is 7.55. The molecule has 24 heavy (non-hydrogen) atoms. The fraction of sp³-hybridized carbons (Fsp3) is 0.312. The van der Waals surface area contributed by atoms with Crippen molar-refractivity contribution in [1.29, 1.82) is 0 Å². The molecule has 0 radical (unpaired) electrons. The van der Waals surface area contributed by atoms with E-state index in [2.05, 4.69) is 26.0 Å². The third-order valence-electron chi connectivity index (χ3n) is 3.39. The van der Waals surface area contributed by atoms with Gasteiger partial charge in [0.1, 0.15) is 0 Å². The van der Waals surface area contributed by atoms with Crippen LogP contribution in [0.15, 0.2) is 41.5 Å². The van der Waals surface area contributed by atoms with Gasteiger partial charge in [0.25, 0.3) is 5.91 Å². The first-order valence-corrected chi connectivity index (χ1v) is 7.93. The number of carbonyl (C=O) groups excluding carboxylic acids is 1. The zero-order chi connectivity index (χ0) is 17.4. The monoisotopic (exact) mass is 348 g/mol. The summed E-state index contributed by atoms with van der Waals surface area (Å²) >= 11 is 5.80. The van der Waals surface area contributed by atoms with E-state index >= 15 is 0 Å². The Morgan fingerprint density at radius 2 is 1.88 bits per heavy atom. The number of hydrogen-bond donors (Lipinski definition) is 3. The fourth-order valence-corrected chi connectivity index (χ4v) is 2.16. The third-order valence-corrected chi connectivity index (χ3v) is 3.64. The summed E-state index contributed by atoms with van der Waals surface area (Å²) in [7, 11) is 3.59. The standard InChI is InChI=1S/C16H21ClN6O/c1-18-16(21-11-14-7-8-22-23(14)2)20-10-9-19-15(24)12-3-5-13(17)6-4-12/h3-8H,9-11H2,1-2H3,(H,19,24)(H2,18,20,21). The number of halogens is 1. The lowest BCUT2D eigenvalue weighted by Gasteiger charge is -2.12. The van der Waals surface area contributed by atoms with Gasteiger partial charge in [-0.15, -0.1) is 0 Å². The van der Waals surface area contributed by atoms with Crippen LogP contribution in [0.25, 0.3) is 0 Å². The molecule has 0 spiro atoms. The Morgan fingerprint density at radius 1 is 1.17 bits per heavy atom. The van der Waals surface area contributed by atoms with E-state index in [1.807, 2.05) is 13.1 Å². The van der Waals surface area contributed by atoms with Gasteiger partial charge in [0.15, 0.2) is 5.96 Å². The minimum atomic E-state index is -0.133. The van der Waals surface area contributed by atoms with Crippen LogP contribution in [0.3, 0.4) is 0 Å². The van der Waals surface area contributed by atoms with Gasteiger partial charge in [0.05, 0.1) is 12.2 Å². The SMILES string of the molecule is CN=C(NCCNC(=O)c1ccc(Cl)cc1)NCc1ccnn1C. The van der Waals surface area contributed by atoms with Crippen molar-refractivity contribution in [2.45, 2.75) is 6.54 Å². The molecule has 8 heteroatoms. The van der Waals surface area contributed by atoms with Gasteiger partial charge in [0.2, 0.25) is 0 Å². The van der Waals surface area contributed by atoms with Gasteiger partial charge in [-0.2, -0.15) is 5.10 Å². The van der Waals surface area contributed by atoms with Crippen LogP contribution in [-0.2, 0) is 13.6 Å². The zero-order valence-electron chi connectivity index (χ0n) is 13.7. The second-order valence-corrected chi connectivity index (χ2v) is 5.50. The van der Waals surface area contributed by atoms with Gasteiger partial charge in [-0.1, -0.05) is 11.6 Å². The highest BCUT2D eigenvalue weighted by Crippen LogP contribution is 2.09. The molecule has 0 saturated carbocycles. The number of carbonyl (C=O) groups is 1. The van der Waals surface area contributed by atoms with Crippen LogP contribution in [0.1, 0.15) is 16.1 Å². The maximum Gasteiger partial charge on any atom is 0.251 e. The summed E-state index contributed by atoms with van der Waals surface area (Å²) in [5.74, 6) is 0.531. The zero-order valence-corrected chi connectivity index (χ0v) is 14.5. The van der Waals surface area contributed by atoms with E-state index < -0.39 is 0 Å². The van der Waals surface area contributed by atoms with Gasteiger partial charge < -0.3 is 16.0 Å². The molecule has 0 aliphatic carbocycles. The molecule has 1 aromatic carbocycles. The van der Waals surface area contributed by atoms with Crippen molar-refractivity contribution < 1.29 is 4.79 Å². The van der Waals surface area contributed by atoms with Crippen molar-refractivity contribution in [3.63, 3.8) is 0 Å². The molecule has 2 rings (SSSR count). The van der Waals surface area contributed by atoms with E-state index in [0.29, 0.717) is 36.2 Å². The number of aryl methyl sites for hydroxylation is 1. The van der Waals surface area contributed by atoms with Crippen LogP contribution in [0.2, 0.25) is 5.02 Å². The van der Waals surface area contributed by atoms with Crippen LogP contribution in [0.4, 0.5) is 0 Å². The predicted octanol–water partition coefficient (Wildman–Crippen LogP) is 1.17. The molecule has 128 valence electrons. The lowest BCUT2D eigenvalue weighted by atomic mass is 10.2. The molecule has 1 heterocycles. The predicted molar refractivity (Wildman–Crippen MR) is 95.2 cm³/mol. The van der Waals surface area contributed by atoms with Crippen LogP contribution in [0, 0.1) is 0 Å². The largest absolute Gasteiger partial charge is 0.355 e. The summed E-state index contributed by atoms with van der Waals surface area (Å²) < 4.78 is 1.80. The van der Waals surface area contributed by atoms with Crippen LogP contribution in [-0.4, -0.2) is 41.8 Å². The van der Waals surface area contributed by atoms with Crippen LogP contribution in [0.5, 0.6) is 0 Å². The van der Waals surface area contributed by atoms with Crippen molar-refractivity contribution in [1.82, 2.24) is 25.7 Å². The number of aliphatic imine (C=N–C) groups is 1. The number of aromatic nitrogens is 2. The summed E-state index contributed by atoms with van der Waals surface area (Å²) in [5.41, 5.74) is 1.63. The molecular weight excluding hydrogens is 328 g/mol. The summed E-state index contributed by atoms with van der Waals surface area (Å²) in [4.78, 5) is 16.1. The molecule has 1 aromatic heterocycles. The number of rotatable bonds is 6. The molecule has 1 amide bonds. The van der Waals surface area contributed by atoms with Crippen molar-refractivity contribution >= 4 is 23.5 Å². The average Bonchev–Trinajstić information content (AvgIpc) is 2.99. The Balaban J connectivity index is 1.69. The first kappa shape index (κ1) is 17.8. The normalized spacial score (nSPS) is 11.2. The van der Waals surface area contributed by atoms with E-state index in [-0.39, 0.29) is 5.91 Å². The Kier molecular flexibility index (Phi) is 6.62. The third kappa shape index (κ3) is 5.27. The van der Waals surface area contributed by atoms with Crippen molar-refractivity contribution in [3.8, 4) is 0 Å². The average molecular weight is 349 g/mol. The van der Waals surface area contributed by atoms with Gasteiger partial charge >= 0.3 is 0 Å². The summed E-state index contributed by atoms with van der Waals surface area (Å²) in [6.45, 7) is 1.66. The highest BCUT2D eigenvalue weighted by molar-refractivity contribution is 6.30.